The summed E-state index contributed by atoms with van der Waals surface area (Å²) >= 11 is 6.14. The summed E-state index contributed by atoms with van der Waals surface area (Å²) in [5, 5.41) is 0.877. The molecule has 3 rings (SSSR count). The molecule has 86 valence electrons. The molecule has 1 aromatic rings. The van der Waals surface area contributed by atoms with E-state index in [0.717, 1.165) is 11.6 Å². The summed E-state index contributed by atoms with van der Waals surface area (Å²) in [7, 11) is 0. The van der Waals surface area contributed by atoms with Crippen molar-refractivity contribution in [3.05, 3.63) is 34.3 Å². The van der Waals surface area contributed by atoms with Gasteiger partial charge in [0, 0.05) is 5.02 Å². The molecule has 0 aromatic heterocycles. The van der Waals surface area contributed by atoms with Crippen molar-refractivity contribution in [1.82, 2.24) is 0 Å². The van der Waals surface area contributed by atoms with Crippen LogP contribution in [-0.2, 0) is 5.41 Å². The zero-order chi connectivity index (χ0) is 11.2. The molecule has 1 unspecified atom stereocenters. The van der Waals surface area contributed by atoms with E-state index in [9.17, 15) is 0 Å². The fourth-order valence-electron chi connectivity index (χ4n) is 3.45. The van der Waals surface area contributed by atoms with Gasteiger partial charge in [-0.25, -0.2) is 0 Å². The molecule has 0 bridgehead atoms. The van der Waals surface area contributed by atoms with Crippen molar-refractivity contribution >= 4 is 11.6 Å². The fraction of sp³-hybridized carbons (Fsp3) is 0.571. The lowest BCUT2D eigenvalue weighted by Gasteiger charge is -2.48. The highest BCUT2D eigenvalue weighted by Gasteiger charge is 2.43. The lowest BCUT2D eigenvalue weighted by molar-refractivity contribution is 0.199. The largest absolute Gasteiger partial charge is 0.330 e. The Bertz CT molecular complexity index is 409. The molecule has 0 saturated heterocycles. The van der Waals surface area contributed by atoms with Gasteiger partial charge in [0.05, 0.1) is 0 Å². The summed E-state index contributed by atoms with van der Waals surface area (Å²) in [6.07, 6.45) is 6.63. The van der Waals surface area contributed by atoms with Gasteiger partial charge in [-0.15, -0.1) is 0 Å². The second-order valence-electron chi connectivity index (χ2n) is 5.34. The van der Waals surface area contributed by atoms with E-state index in [0.29, 0.717) is 11.3 Å². The second kappa shape index (κ2) is 3.75. The molecule has 1 fully saturated rings. The minimum atomic E-state index is 0.464. The summed E-state index contributed by atoms with van der Waals surface area (Å²) in [6, 6.07) is 6.41. The normalized spacial score (nSPS) is 26.2. The third-order valence-corrected chi connectivity index (χ3v) is 4.83. The molecule has 16 heavy (non-hydrogen) atoms. The first kappa shape index (κ1) is 10.6. The van der Waals surface area contributed by atoms with Crippen molar-refractivity contribution in [3.63, 3.8) is 0 Å². The Kier molecular flexibility index (Phi) is 2.49. The van der Waals surface area contributed by atoms with Crippen LogP contribution >= 0.6 is 11.6 Å². The van der Waals surface area contributed by atoms with E-state index in [1.807, 2.05) is 6.07 Å². The maximum absolute atomic E-state index is 6.14. The average Bonchev–Trinajstić information content (AvgIpc) is 2.25. The molecule has 1 atom stereocenters. The molecule has 2 aliphatic rings. The van der Waals surface area contributed by atoms with Gasteiger partial charge in [0.15, 0.2) is 0 Å². The van der Waals surface area contributed by atoms with Gasteiger partial charge >= 0.3 is 0 Å². The molecule has 0 radical (unpaired) electrons. The SMILES string of the molecule is NCC1CCC2(CCC2)c2cc(Cl)ccc21. The topological polar surface area (TPSA) is 26.0 Å². The molecular weight excluding hydrogens is 218 g/mol. The van der Waals surface area contributed by atoms with Crippen LogP contribution in [0, 0.1) is 0 Å². The summed E-state index contributed by atoms with van der Waals surface area (Å²) < 4.78 is 0. The highest BCUT2D eigenvalue weighted by atomic mass is 35.5. The number of fused-ring (bicyclic) bond motifs is 2. The average molecular weight is 236 g/mol. The highest BCUT2D eigenvalue weighted by Crippen LogP contribution is 2.54. The molecule has 2 heteroatoms. The number of halogens is 1. The Morgan fingerprint density at radius 3 is 2.75 bits per heavy atom. The third kappa shape index (κ3) is 1.42. The van der Waals surface area contributed by atoms with Gasteiger partial charge in [-0.2, -0.15) is 0 Å². The predicted octanol–water partition coefficient (Wildman–Crippen LogP) is 3.60. The summed E-state index contributed by atoms with van der Waals surface area (Å²) in [4.78, 5) is 0. The second-order valence-corrected chi connectivity index (χ2v) is 5.77. The van der Waals surface area contributed by atoms with Crippen LogP contribution in [0.15, 0.2) is 18.2 Å². The number of rotatable bonds is 1. The van der Waals surface area contributed by atoms with Crippen molar-refractivity contribution in [2.75, 3.05) is 6.54 Å². The third-order valence-electron chi connectivity index (χ3n) is 4.59. The Morgan fingerprint density at radius 2 is 2.12 bits per heavy atom. The van der Waals surface area contributed by atoms with Gasteiger partial charge in [-0.05, 0) is 66.8 Å². The van der Waals surface area contributed by atoms with Gasteiger partial charge in [0.2, 0.25) is 0 Å². The molecule has 1 saturated carbocycles. The fourth-order valence-corrected chi connectivity index (χ4v) is 3.62. The Balaban J connectivity index is 2.10. The minimum absolute atomic E-state index is 0.464. The van der Waals surface area contributed by atoms with Crippen molar-refractivity contribution in [3.8, 4) is 0 Å². The van der Waals surface area contributed by atoms with Crippen LogP contribution in [-0.4, -0.2) is 6.54 Å². The van der Waals surface area contributed by atoms with Crippen LogP contribution in [0.2, 0.25) is 5.02 Å². The number of nitrogens with two attached hydrogens (primary N) is 1. The van der Waals surface area contributed by atoms with Gasteiger partial charge in [-0.1, -0.05) is 24.1 Å². The van der Waals surface area contributed by atoms with E-state index in [1.54, 1.807) is 0 Å². The Morgan fingerprint density at radius 1 is 1.31 bits per heavy atom. The molecular formula is C14H18ClN. The number of hydrogen-bond donors (Lipinski definition) is 1. The Labute approximate surface area is 102 Å². The lowest BCUT2D eigenvalue weighted by atomic mass is 9.56. The van der Waals surface area contributed by atoms with E-state index in [2.05, 4.69) is 12.1 Å². The summed E-state index contributed by atoms with van der Waals surface area (Å²) in [6.45, 7) is 0.769. The lowest BCUT2D eigenvalue weighted by Crippen LogP contribution is -2.39. The number of hydrogen-bond acceptors (Lipinski definition) is 1. The standard InChI is InChI=1S/C14H18ClN/c15-11-2-3-12-10(9-16)4-7-14(5-1-6-14)13(12)8-11/h2-3,8,10H,1,4-7,9,16H2. The molecule has 2 N–H and O–H groups in total. The van der Waals surface area contributed by atoms with Gasteiger partial charge in [0.25, 0.3) is 0 Å². The smallest absolute Gasteiger partial charge is 0.0409 e. The molecule has 1 nitrogen and oxygen atoms in total. The van der Waals surface area contributed by atoms with E-state index >= 15 is 0 Å². The molecule has 0 heterocycles. The highest BCUT2D eigenvalue weighted by molar-refractivity contribution is 6.30. The summed E-state index contributed by atoms with van der Waals surface area (Å²) in [5.74, 6) is 0.554. The minimum Gasteiger partial charge on any atom is -0.330 e. The maximum Gasteiger partial charge on any atom is 0.0409 e. The van der Waals surface area contributed by atoms with Crippen LogP contribution in [0.5, 0.6) is 0 Å². The first-order chi connectivity index (χ1) is 7.75. The van der Waals surface area contributed by atoms with E-state index < -0.39 is 0 Å². The van der Waals surface area contributed by atoms with E-state index in [4.69, 9.17) is 17.3 Å². The van der Waals surface area contributed by atoms with Gasteiger partial charge < -0.3 is 5.73 Å². The molecule has 0 amide bonds. The predicted molar refractivity (Wildman–Crippen MR) is 68.0 cm³/mol. The summed E-state index contributed by atoms with van der Waals surface area (Å²) in [5.41, 5.74) is 9.31. The molecule has 0 aliphatic heterocycles. The van der Waals surface area contributed by atoms with Crippen molar-refractivity contribution in [2.45, 2.75) is 43.4 Å². The van der Waals surface area contributed by atoms with E-state index in [-0.39, 0.29) is 0 Å². The maximum atomic E-state index is 6.14. The quantitative estimate of drug-likeness (QED) is 0.791. The monoisotopic (exact) mass is 235 g/mol. The van der Waals surface area contributed by atoms with Crippen molar-refractivity contribution < 1.29 is 0 Å². The molecule has 1 spiro atoms. The van der Waals surface area contributed by atoms with Gasteiger partial charge in [0.1, 0.15) is 0 Å². The number of benzene rings is 1. The first-order valence-electron chi connectivity index (χ1n) is 6.25. The van der Waals surface area contributed by atoms with Crippen LogP contribution < -0.4 is 5.73 Å². The van der Waals surface area contributed by atoms with Crippen LogP contribution in [0.4, 0.5) is 0 Å². The zero-order valence-corrected chi connectivity index (χ0v) is 10.3. The van der Waals surface area contributed by atoms with Crippen molar-refractivity contribution in [2.24, 2.45) is 5.73 Å². The van der Waals surface area contributed by atoms with Crippen LogP contribution in [0.25, 0.3) is 0 Å². The van der Waals surface area contributed by atoms with Gasteiger partial charge in [-0.3, -0.25) is 0 Å². The zero-order valence-electron chi connectivity index (χ0n) is 9.51. The van der Waals surface area contributed by atoms with Crippen molar-refractivity contribution in [1.29, 1.82) is 0 Å². The van der Waals surface area contributed by atoms with Crippen LogP contribution in [0.1, 0.15) is 49.1 Å². The molecule has 2 aliphatic carbocycles. The van der Waals surface area contributed by atoms with Crippen LogP contribution in [0.3, 0.4) is 0 Å². The Hall–Kier alpha value is -0.530. The van der Waals surface area contributed by atoms with E-state index in [1.165, 1.54) is 43.2 Å². The first-order valence-corrected chi connectivity index (χ1v) is 6.63. The molecule has 1 aromatic carbocycles.